The van der Waals surface area contributed by atoms with Crippen molar-refractivity contribution in [1.82, 2.24) is 5.32 Å². The third-order valence-electron chi connectivity index (χ3n) is 3.67. The molecule has 2 amide bonds. The van der Waals surface area contributed by atoms with Crippen LogP contribution in [-0.2, 0) is 28.6 Å². The van der Waals surface area contributed by atoms with Gasteiger partial charge in [-0.2, -0.15) is 11.8 Å². The molecule has 3 N–H and O–H groups in total. The molecule has 146 valence electrons. The first-order valence-electron chi connectivity index (χ1n) is 8.14. The Hall–Kier alpha value is -1.32. The van der Waals surface area contributed by atoms with Crippen LogP contribution in [0.25, 0.3) is 0 Å². The number of esters is 1. The molecule has 0 bridgehead atoms. The predicted octanol–water partition coefficient (Wildman–Crippen LogP) is 0.537. The highest BCUT2D eigenvalue weighted by atomic mass is 32.2. The first-order valence-corrected chi connectivity index (χ1v) is 9.30. The molecule has 25 heavy (non-hydrogen) atoms. The largest absolute Gasteiger partial charge is 0.469 e. The Bertz CT molecular complexity index is 435. The number of methoxy groups -OCH3 is 1. The maximum Gasteiger partial charge on any atom is 0.313 e. The summed E-state index contributed by atoms with van der Waals surface area (Å²) in [5.74, 6) is 0.0504. The quantitative estimate of drug-likeness (QED) is 0.257. The van der Waals surface area contributed by atoms with Gasteiger partial charge in [-0.3, -0.25) is 14.4 Å². The molecule has 8 nitrogen and oxygen atoms in total. The van der Waals surface area contributed by atoms with Crippen LogP contribution in [0.4, 0.5) is 0 Å². The topological polar surface area (TPSA) is 117 Å². The van der Waals surface area contributed by atoms with Crippen molar-refractivity contribution in [2.45, 2.75) is 27.2 Å². The van der Waals surface area contributed by atoms with Gasteiger partial charge in [0.25, 0.3) is 0 Å². The SMILES string of the molecule is CCC(C)(COCOCCSCC(C)C(=O)NCC(N)=O)C(=O)OC. The maximum atomic E-state index is 11.7. The molecule has 0 radical (unpaired) electrons. The first-order chi connectivity index (χ1) is 11.8. The molecule has 0 aliphatic carbocycles. The van der Waals surface area contributed by atoms with Gasteiger partial charge < -0.3 is 25.3 Å². The summed E-state index contributed by atoms with van der Waals surface area (Å²) in [7, 11) is 1.36. The van der Waals surface area contributed by atoms with Crippen molar-refractivity contribution in [2.75, 3.05) is 45.2 Å². The fourth-order valence-corrected chi connectivity index (χ4v) is 2.65. The lowest BCUT2D eigenvalue weighted by Gasteiger charge is -2.24. The van der Waals surface area contributed by atoms with Crippen LogP contribution < -0.4 is 11.1 Å². The van der Waals surface area contributed by atoms with Crippen molar-refractivity contribution in [3.8, 4) is 0 Å². The minimum absolute atomic E-state index is 0.0990. The van der Waals surface area contributed by atoms with E-state index >= 15 is 0 Å². The minimum Gasteiger partial charge on any atom is -0.469 e. The van der Waals surface area contributed by atoms with Crippen molar-refractivity contribution in [3.63, 3.8) is 0 Å². The number of hydrogen-bond donors (Lipinski definition) is 2. The van der Waals surface area contributed by atoms with Gasteiger partial charge in [-0.1, -0.05) is 13.8 Å². The van der Waals surface area contributed by atoms with Crippen LogP contribution in [0.3, 0.4) is 0 Å². The summed E-state index contributed by atoms with van der Waals surface area (Å²) < 4.78 is 15.5. The molecular weight excluding hydrogens is 348 g/mol. The molecule has 0 spiro atoms. The molecule has 0 aliphatic heterocycles. The molecule has 0 aliphatic rings. The van der Waals surface area contributed by atoms with Gasteiger partial charge >= 0.3 is 5.97 Å². The lowest BCUT2D eigenvalue weighted by molar-refractivity contribution is -0.159. The van der Waals surface area contributed by atoms with E-state index in [-0.39, 0.29) is 37.7 Å². The molecule has 2 unspecified atom stereocenters. The van der Waals surface area contributed by atoms with Crippen LogP contribution in [0, 0.1) is 11.3 Å². The monoisotopic (exact) mass is 378 g/mol. The number of carbonyl (C=O) groups is 3. The summed E-state index contributed by atoms with van der Waals surface area (Å²) in [5, 5.41) is 2.47. The number of rotatable bonds is 14. The van der Waals surface area contributed by atoms with E-state index in [1.807, 2.05) is 6.92 Å². The highest BCUT2D eigenvalue weighted by Gasteiger charge is 2.32. The zero-order valence-corrected chi connectivity index (χ0v) is 16.3. The van der Waals surface area contributed by atoms with Crippen LogP contribution in [0.2, 0.25) is 0 Å². The van der Waals surface area contributed by atoms with Gasteiger partial charge in [-0.15, -0.1) is 0 Å². The van der Waals surface area contributed by atoms with E-state index in [1.165, 1.54) is 7.11 Å². The molecule has 0 aromatic carbocycles. The van der Waals surface area contributed by atoms with E-state index < -0.39 is 11.3 Å². The van der Waals surface area contributed by atoms with Crippen LogP contribution in [-0.4, -0.2) is 63.0 Å². The fraction of sp³-hybridized carbons (Fsp3) is 0.812. The van der Waals surface area contributed by atoms with Gasteiger partial charge in [0.05, 0.1) is 32.3 Å². The third kappa shape index (κ3) is 10.3. The number of primary amides is 1. The smallest absolute Gasteiger partial charge is 0.313 e. The van der Waals surface area contributed by atoms with Crippen molar-refractivity contribution < 1.29 is 28.6 Å². The second kappa shape index (κ2) is 13.0. The number of thioether (sulfide) groups is 1. The third-order valence-corrected chi connectivity index (χ3v) is 4.86. The van der Waals surface area contributed by atoms with Crippen molar-refractivity contribution >= 4 is 29.5 Å². The van der Waals surface area contributed by atoms with Crippen molar-refractivity contribution in [3.05, 3.63) is 0 Å². The molecule has 0 rings (SSSR count). The average Bonchev–Trinajstić information content (AvgIpc) is 2.60. The average molecular weight is 378 g/mol. The van der Waals surface area contributed by atoms with E-state index in [9.17, 15) is 14.4 Å². The normalized spacial score (nSPS) is 14.4. The maximum absolute atomic E-state index is 11.7. The molecule has 0 aromatic rings. The Labute approximate surface area is 153 Å². The molecule has 9 heteroatoms. The summed E-state index contributed by atoms with van der Waals surface area (Å²) in [4.78, 5) is 33.9. The minimum atomic E-state index is -0.666. The number of amides is 2. The summed E-state index contributed by atoms with van der Waals surface area (Å²) in [5.41, 5.74) is 4.30. The lowest BCUT2D eigenvalue weighted by Crippen LogP contribution is -2.37. The molecule has 0 heterocycles. The Balaban J connectivity index is 3.72. The van der Waals surface area contributed by atoms with E-state index in [2.05, 4.69) is 5.32 Å². The van der Waals surface area contributed by atoms with E-state index in [0.29, 0.717) is 24.5 Å². The Morgan fingerprint density at radius 1 is 1.28 bits per heavy atom. The van der Waals surface area contributed by atoms with Crippen LogP contribution in [0.1, 0.15) is 27.2 Å². The summed E-state index contributed by atoms with van der Waals surface area (Å²) in [6.45, 7) is 6.14. The number of carbonyl (C=O) groups excluding carboxylic acids is 3. The number of nitrogens with two attached hydrogens (primary N) is 1. The van der Waals surface area contributed by atoms with Crippen LogP contribution >= 0.6 is 11.8 Å². The highest BCUT2D eigenvalue weighted by molar-refractivity contribution is 7.99. The summed E-state index contributed by atoms with van der Waals surface area (Å²) in [6.07, 6.45) is 0.616. The van der Waals surface area contributed by atoms with Crippen molar-refractivity contribution in [2.24, 2.45) is 17.1 Å². The number of hydrogen-bond acceptors (Lipinski definition) is 7. The molecule has 0 fully saturated rings. The highest BCUT2D eigenvalue weighted by Crippen LogP contribution is 2.23. The van der Waals surface area contributed by atoms with Gasteiger partial charge in [0.1, 0.15) is 6.79 Å². The zero-order valence-electron chi connectivity index (χ0n) is 15.5. The van der Waals surface area contributed by atoms with Gasteiger partial charge in [0.15, 0.2) is 0 Å². The van der Waals surface area contributed by atoms with Crippen molar-refractivity contribution in [1.29, 1.82) is 0 Å². The Morgan fingerprint density at radius 2 is 1.96 bits per heavy atom. The lowest BCUT2D eigenvalue weighted by atomic mass is 9.89. The van der Waals surface area contributed by atoms with Crippen LogP contribution in [0.15, 0.2) is 0 Å². The van der Waals surface area contributed by atoms with Gasteiger partial charge in [-0.25, -0.2) is 0 Å². The molecule has 0 saturated heterocycles. The van der Waals surface area contributed by atoms with E-state index in [4.69, 9.17) is 19.9 Å². The van der Waals surface area contributed by atoms with Gasteiger partial charge in [0, 0.05) is 17.4 Å². The number of nitrogens with one attached hydrogen (secondary N) is 1. The van der Waals surface area contributed by atoms with Gasteiger partial charge in [-0.05, 0) is 13.3 Å². The summed E-state index contributed by atoms with van der Waals surface area (Å²) >= 11 is 1.57. The number of ether oxygens (including phenoxy) is 3. The fourth-order valence-electron chi connectivity index (χ4n) is 1.74. The second-order valence-electron chi connectivity index (χ2n) is 5.94. The molecule has 0 saturated carbocycles. The zero-order chi connectivity index (χ0) is 19.3. The molecular formula is C16H30N2O6S. The Morgan fingerprint density at radius 3 is 2.52 bits per heavy atom. The molecule has 0 aromatic heterocycles. The molecule has 2 atom stereocenters. The predicted molar refractivity (Wildman–Crippen MR) is 95.9 cm³/mol. The second-order valence-corrected chi connectivity index (χ2v) is 7.09. The Kier molecular flexibility index (Phi) is 12.3. The first kappa shape index (κ1) is 23.7. The van der Waals surface area contributed by atoms with Gasteiger partial charge in [0.2, 0.25) is 11.8 Å². The van der Waals surface area contributed by atoms with Crippen LogP contribution in [0.5, 0.6) is 0 Å². The van der Waals surface area contributed by atoms with E-state index in [1.54, 1.807) is 25.6 Å². The standard InChI is InChI=1S/C16H30N2O6S/c1-5-16(3,15(21)22-4)10-24-11-23-6-7-25-9-12(2)14(20)18-8-13(17)19/h12H,5-11H2,1-4H3,(H2,17,19)(H,18,20). The summed E-state index contributed by atoms with van der Waals surface area (Å²) in [6, 6.07) is 0. The van der Waals surface area contributed by atoms with E-state index in [0.717, 1.165) is 0 Å².